The van der Waals surface area contributed by atoms with Crippen LogP contribution in [0.1, 0.15) is 25.7 Å². The van der Waals surface area contributed by atoms with Gasteiger partial charge in [0.1, 0.15) is 0 Å². The van der Waals surface area contributed by atoms with Crippen molar-refractivity contribution in [3.05, 3.63) is 36.5 Å². The Bertz CT molecular complexity index is 208. The predicted octanol–water partition coefficient (Wildman–Crippen LogP) is 3.48. The van der Waals surface area contributed by atoms with Crippen molar-refractivity contribution in [3.63, 3.8) is 0 Å². The van der Waals surface area contributed by atoms with Crippen molar-refractivity contribution in [1.29, 1.82) is 0 Å². The van der Waals surface area contributed by atoms with E-state index in [0.717, 1.165) is 12.3 Å². The van der Waals surface area contributed by atoms with Gasteiger partial charge in [-0.2, -0.15) is 0 Å². The van der Waals surface area contributed by atoms with E-state index in [-0.39, 0.29) is 0 Å². The number of hydrogen-bond acceptors (Lipinski definition) is 0. The van der Waals surface area contributed by atoms with E-state index in [1.54, 1.807) is 0 Å². The molecule has 0 aromatic heterocycles. The smallest absolute Gasteiger partial charge is 0.000959 e. The lowest BCUT2D eigenvalue weighted by atomic mass is 9.82. The van der Waals surface area contributed by atoms with Gasteiger partial charge in [0, 0.05) is 5.92 Å². The van der Waals surface area contributed by atoms with Crippen LogP contribution >= 0.6 is 0 Å². The quantitative estimate of drug-likeness (QED) is 0.515. The highest BCUT2D eigenvalue weighted by Gasteiger charge is 2.16. The van der Waals surface area contributed by atoms with Crippen molar-refractivity contribution in [1.82, 2.24) is 0 Å². The standard InChI is InChI=1S/C12H16/c1-3-7-11(8-4-1)12-9-5-2-6-10-12/h3-5,7-9,11-12H,1-2,6,10H2. The SMILES string of the molecule is C1=CC(C2C=CCCC2)C=CC1. The topological polar surface area (TPSA) is 0 Å². The van der Waals surface area contributed by atoms with Crippen LogP contribution in [-0.2, 0) is 0 Å². The minimum Gasteiger partial charge on any atom is -0.0882 e. The van der Waals surface area contributed by atoms with Crippen LogP contribution < -0.4 is 0 Å². The van der Waals surface area contributed by atoms with Gasteiger partial charge in [-0.3, -0.25) is 0 Å². The molecular formula is C12H16. The molecule has 0 heterocycles. The molecule has 0 aromatic carbocycles. The second-order valence-electron chi connectivity index (χ2n) is 3.69. The van der Waals surface area contributed by atoms with Gasteiger partial charge in [0.15, 0.2) is 0 Å². The molecule has 0 radical (unpaired) electrons. The summed E-state index contributed by atoms with van der Waals surface area (Å²) in [5.41, 5.74) is 0. The zero-order valence-electron chi connectivity index (χ0n) is 7.45. The van der Waals surface area contributed by atoms with Gasteiger partial charge < -0.3 is 0 Å². The Morgan fingerprint density at radius 1 is 0.917 bits per heavy atom. The highest BCUT2D eigenvalue weighted by atomic mass is 14.2. The molecule has 0 spiro atoms. The van der Waals surface area contributed by atoms with Crippen molar-refractivity contribution in [3.8, 4) is 0 Å². The maximum absolute atomic E-state index is 2.40. The molecule has 1 atom stereocenters. The molecule has 0 fully saturated rings. The fourth-order valence-electron chi connectivity index (χ4n) is 2.06. The van der Waals surface area contributed by atoms with Gasteiger partial charge in [-0.1, -0.05) is 36.5 Å². The van der Waals surface area contributed by atoms with E-state index < -0.39 is 0 Å². The van der Waals surface area contributed by atoms with Crippen LogP contribution in [0.5, 0.6) is 0 Å². The minimum absolute atomic E-state index is 0.690. The Kier molecular flexibility index (Phi) is 2.45. The summed E-state index contributed by atoms with van der Waals surface area (Å²) in [6.07, 6.45) is 19.2. The first-order valence-electron chi connectivity index (χ1n) is 4.97. The molecule has 0 N–H and O–H groups in total. The van der Waals surface area contributed by atoms with Crippen LogP contribution in [0.2, 0.25) is 0 Å². The van der Waals surface area contributed by atoms with Crippen LogP contribution in [-0.4, -0.2) is 0 Å². The predicted molar refractivity (Wildman–Crippen MR) is 52.9 cm³/mol. The van der Waals surface area contributed by atoms with E-state index >= 15 is 0 Å². The van der Waals surface area contributed by atoms with Crippen molar-refractivity contribution >= 4 is 0 Å². The Hall–Kier alpha value is -0.780. The second-order valence-corrected chi connectivity index (χ2v) is 3.69. The molecular weight excluding hydrogens is 144 g/mol. The van der Waals surface area contributed by atoms with Gasteiger partial charge in [-0.15, -0.1) is 0 Å². The van der Waals surface area contributed by atoms with E-state index in [1.165, 1.54) is 19.3 Å². The van der Waals surface area contributed by atoms with Crippen LogP contribution in [0.3, 0.4) is 0 Å². The fourth-order valence-corrected chi connectivity index (χ4v) is 2.06. The summed E-state index contributed by atoms with van der Waals surface area (Å²) < 4.78 is 0. The zero-order valence-corrected chi connectivity index (χ0v) is 7.45. The van der Waals surface area contributed by atoms with Gasteiger partial charge in [-0.25, -0.2) is 0 Å². The molecule has 0 amide bonds. The van der Waals surface area contributed by atoms with Crippen molar-refractivity contribution in [2.24, 2.45) is 11.8 Å². The van der Waals surface area contributed by atoms with E-state index in [9.17, 15) is 0 Å². The Morgan fingerprint density at radius 2 is 1.75 bits per heavy atom. The summed E-state index contributed by atoms with van der Waals surface area (Å²) in [4.78, 5) is 0. The molecule has 0 heteroatoms. The lowest BCUT2D eigenvalue weighted by Gasteiger charge is -2.22. The average Bonchev–Trinajstić information content (AvgIpc) is 2.21. The van der Waals surface area contributed by atoms with Gasteiger partial charge in [-0.05, 0) is 31.6 Å². The summed E-state index contributed by atoms with van der Waals surface area (Å²) in [5.74, 6) is 1.47. The molecule has 0 aliphatic heterocycles. The first kappa shape index (κ1) is 7.85. The summed E-state index contributed by atoms with van der Waals surface area (Å²) in [6, 6.07) is 0. The third kappa shape index (κ3) is 1.69. The molecule has 0 saturated heterocycles. The molecule has 12 heavy (non-hydrogen) atoms. The first-order valence-corrected chi connectivity index (χ1v) is 4.97. The fraction of sp³-hybridized carbons (Fsp3) is 0.500. The van der Waals surface area contributed by atoms with Gasteiger partial charge in [0.25, 0.3) is 0 Å². The monoisotopic (exact) mass is 160 g/mol. The Morgan fingerprint density at radius 3 is 2.42 bits per heavy atom. The molecule has 0 saturated carbocycles. The molecule has 64 valence electrons. The van der Waals surface area contributed by atoms with Crippen molar-refractivity contribution in [2.75, 3.05) is 0 Å². The normalized spacial score (nSPS) is 29.5. The molecule has 1 unspecified atom stereocenters. The molecule has 0 bridgehead atoms. The largest absolute Gasteiger partial charge is 0.0882 e. The third-order valence-electron chi connectivity index (χ3n) is 2.77. The molecule has 2 aliphatic rings. The molecule has 0 aromatic rings. The highest BCUT2D eigenvalue weighted by molar-refractivity contribution is 5.14. The number of hydrogen-bond donors (Lipinski definition) is 0. The zero-order chi connectivity index (χ0) is 8.23. The van der Waals surface area contributed by atoms with Crippen LogP contribution in [0.25, 0.3) is 0 Å². The van der Waals surface area contributed by atoms with Gasteiger partial charge >= 0.3 is 0 Å². The van der Waals surface area contributed by atoms with Crippen molar-refractivity contribution < 1.29 is 0 Å². The number of allylic oxidation sites excluding steroid dienone is 6. The molecule has 2 aliphatic carbocycles. The number of rotatable bonds is 1. The lowest BCUT2D eigenvalue weighted by Crippen LogP contribution is -2.11. The maximum atomic E-state index is 2.40. The average molecular weight is 160 g/mol. The summed E-state index contributed by atoms with van der Waals surface area (Å²) in [6.45, 7) is 0. The second kappa shape index (κ2) is 3.75. The van der Waals surface area contributed by atoms with Crippen molar-refractivity contribution in [2.45, 2.75) is 25.7 Å². The Labute approximate surface area is 74.7 Å². The van der Waals surface area contributed by atoms with Gasteiger partial charge in [0.2, 0.25) is 0 Å². The van der Waals surface area contributed by atoms with E-state index in [2.05, 4.69) is 36.5 Å². The summed E-state index contributed by atoms with van der Waals surface area (Å²) in [7, 11) is 0. The van der Waals surface area contributed by atoms with E-state index in [1.807, 2.05) is 0 Å². The first-order chi connectivity index (χ1) is 5.97. The van der Waals surface area contributed by atoms with Crippen LogP contribution in [0, 0.1) is 11.8 Å². The minimum atomic E-state index is 0.690. The summed E-state index contributed by atoms with van der Waals surface area (Å²) >= 11 is 0. The Balaban J connectivity index is 2.02. The van der Waals surface area contributed by atoms with E-state index in [0.29, 0.717) is 5.92 Å². The maximum Gasteiger partial charge on any atom is 0.000959 e. The lowest BCUT2D eigenvalue weighted by molar-refractivity contribution is 0.475. The van der Waals surface area contributed by atoms with E-state index in [4.69, 9.17) is 0 Å². The summed E-state index contributed by atoms with van der Waals surface area (Å²) in [5, 5.41) is 0. The van der Waals surface area contributed by atoms with Gasteiger partial charge in [0.05, 0.1) is 0 Å². The molecule has 2 rings (SSSR count). The molecule has 0 nitrogen and oxygen atoms in total. The highest BCUT2D eigenvalue weighted by Crippen LogP contribution is 2.28. The van der Waals surface area contributed by atoms with Crippen LogP contribution in [0.4, 0.5) is 0 Å². The van der Waals surface area contributed by atoms with Crippen LogP contribution in [0.15, 0.2) is 36.5 Å². The third-order valence-corrected chi connectivity index (χ3v) is 2.77.